The van der Waals surface area contributed by atoms with Crippen LogP contribution in [0.3, 0.4) is 0 Å². The van der Waals surface area contributed by atoms with Crippen LogP contribution in [0.15, 0.2) is 24.3 Å². The van der Waals surface area contributed by atoms with Crippen LogP contribution in [0.2, 0.25) is 0 Å². The maximum atomic E-state index is 14.2. The first-order valence-corrected chi connectivity index (χ1v) is 15.7. The average Bonchev–Trinajstić information content (AvgIpc) is 3.52. The van der Waals surface area contributed by atoms with E-state index in [0.29, 0.717) is 25.3 Å². The molecule has 3 N–H and O–H groups in total. The van der Waals surface area contributed by atoms with Gasteiger partial charge in [-0.3, -0.25) is 14.4 Å². The highest BCUT2D eigenvalue weighted by atomic mass is 32.2. The molecule has 1 aromatic rings. The van der Waals surface area contributed by atoms with Crippen molar-refractivity contribution in [1.82, 2.24) is 10.2 Å². The molecule has 1 spiro atoms. The van der Waals surface area contributed by atoms with Gasteiger partial charge in [-0.2, -0.15) is 0 Å². The summed E-state index contributed by atoms with van der Waals surface area (Å²) in [5.41, 5.74) is 0.677. The Labute approximate surface area is 236 Å². The lowest BCUT2D eigenvalue weighted by atomic mass is 9.65. The lowest BCUT2D eigenvalue weighted by Crippen LogP contribution is -2.57. The van der Waals surface area contributed by atoms with Crippen LogP contribution in [-0.2, 0) is 14.4 Å². The molecule has 3 amide bonds. The minimum absolute atomic E-state index is 0.0122. The molecule has 0 aromatic heterocycles. The van der Waals surface area contributed by atoms with Crippen molar-refractivity contribution in [2.24, 2.45) is 17.8 Å². The number of benzene rings is 1. The van der Waals surface area contributed by atoms with Crippen LogP contribution in [0.5, 0.6) is 5.75 Å². The van der Waals surface area contributed by atoms with Gasteiger partial charge in [0, 0.05) is 30.1 Å². The lowest BCUT2D eigenvalue weighted by Gasteiger charge is -2.39. The number of likely N-dealkylation sites (tertiary alicyclic amines) is 1. The Morgan fingerprint density at radius 3 is 2.54 bits per heavy atom. The zero-order valence-corrected chi connectivity index (χ0v) is 24.0. The molecule has 39 heavy (non-hydrogen) atoms. The SMILES string of the molecule is CCOc1ccc(NC(=O)[C@@H]2[C@H]3C(=O)N(CCCCCO)C(C(=O)NC4CCCCC4)C34S[C@@H]2CC4C)cc1. The maximum Gasteiger partial charge on any atom is 0.244 e. The second-order valence-electron chi connectivity index (χ2n) is 11.7. The quantitative estimate of drug-likeness (QED) is 0.356. The smallest absolute Gasteiger partial charge is 0.244 e. The standard InChI is InChI=1S/C30H43N3O5S/c1-3-38-22-14-12-21(13-15-22)31-27(35)24-23-18-19(2)30(39-23)25(24)29(37)33(16-8-5-9-17-34)26(30)28(36)32-20-10-6-4-7-11-20/h12-15,19-20,23-26,34H,3-11,16-18H2,1-2H3,(H,31,35)(H,32,36)/t19?,23-,24+,25+,26?,30?/m1/s1. The molecule has 4 fully saturated rings. The minimum atomic E-state index is -0.599. The van der Waals surface area contributed by atoms with E-state index in [1.807, 2.05) is 31.2 Å². The molecule has 6 atom stereocenters. The van der Waals surface area contributed by atoms with Gasteiger partial charge >= 0.3 is 0 Å². The predicted molar refractivity (Wildman–Crippen MR) is 153 cm³/mol. The number of fused-ring (bicyclic) bond motifs is 1. The highest BCUT2D eigenvalue weighted by Gasteiger charge is 2.75. The zero-order chi connectivity index (χ0) is 27.6. The third-order valence-electron chi connectivity index (χ3n) is 9.24. The summed E-state index contributed by atoms with van der Waals surface area (Å²) in [7, 11) is 0. The number of hydrogen-bond donors (Lipinski definition) is 3. The van der Waals surface area contributed by atoms with Crippen LogP contribution in [0.4, 0.5) is 5.69 Å². The van der Waals surface area contributed by atoms with E-state index in [2.05, 4.69) is 17.6 Å². The summed E-state index contributed by atoms with van der Waals surface area (Å²) in [5.74, 6) is -0.341. The maximum absolute atomic E-state index is 14.2. The van der Waals surface area contributed by atoms with E-state index in [0.717, 1.165) is 50.7 Å². The molecule has 5 rings (SSSR count). The number of aliphatic hydroxyl groups excluding tert-OH is 1. The predicted octanol–water partition coefficient (Wildman–Crippen LogP) is 3.97. The van der Waals surface area contributed by atoms with Gasteiger partial charge in [0.1, 0.15) is 11.8 Å². The summed E-state index contributed by atoms with van der Waals surface area (Å²) in [6.07, 6.45) is 8.43. The molecule has 4 aliphatic rings. The number of aliphatic hydroxyl groups is 1. The first kappa shape index (κ1) is 28.3. The van der Waals surface area contributed by atoms with Crippen LogP contribution in [-0.4, -0.2) is 69.6 Å². The summed E-state index contributed by atoms with van der Waals surface area (Å²) in [5, 5.41) is 15.6. The number of thioether (sulfide) groups is 1. The molecule has 214 valence electrons. The number of nitrogens with one attached hydrogen (secondary N) is 2. The number of ether oxygens (including phenoxy) is 1. The second-order valence-corrected chi connectivity index (χ2v) is 13.2. The van der Waals surface area contributed by atoms with E-state index in [9.17, 15) is 19.5 Å². The van der Waals surface area contributed by atoms with E-state index in [1.54, 1.807) is 16.7 Å². The molecule has 1 aromatic carbocycles. The van der Waals surface area contributed by atoms with Crippen molar-refractivity contribution in [2.45, 2.75) is 93.7 Å². The van der Waals surface area contributed by atoms with Crippen molar-refractivity contribution in [3.63, 3.8) is 0 Å². The van der Waals surface area contributed by atoms with Crippen molar-refractivity contribution >= 4 is 35.2 Å². The van der Waals surface area contributed by atoms with Crippen LogP contribution in [0.25, 0.3) is 0 Å². The number of nitrogens with zero attached hydrogens (tertiary/aromatic N) is 1. The fourth-order valence-corrected chi connectivity index (χ4v) is 9.91. The Morgan fingerprint density at radius 2 is 1.85 bits per heavy atom. The number of carbonyl (C=O) groups excluding carboxylic acids is 3. The first-order valence-electron chi connectivity index (χ1n) is 14.8. The molecular formula is C30H43N3O5S. The minimum Gasteiger partial charge on any atom is -0.494 e. The van der Waals surface area contributed by atoms with Crippen molar-refractivity contribution in [3.05, 3.63) is 24.3 Å². The number of unbranched alkanes of at least 4 members (excludes halogenated alkanes) is 2. The van der Waals surface area contributed by atoms with Gasteiger partial charge in [0.05, 0.1) is 23.2 Å². The summed E-state index contributed by atoms with van der Waals surface area (Å²) < 4.78 is 4.92. The number of hydrogen-bond acceptors (Lipinski definition) is 6. The third kappa shape index (κ3) is 5.29. The third-order valence-corrected chi connectivity index (χ3v) is 11.3. The topological polar surface area (TPSA) is 108 Å². The molecule has 3 aliphatic heterocycles. The Kier molecular flexibility index (Phi) is 8.76. The van der Waals surface area contributed by atoms with E-state index < -0.39 is 22.6 Å². The molecular weight excluding hydrogens is 514 g/mol. The van der Waals surface area contributed by atoms with Gasteiger partial charge in [0.25, 0.3) is 0 Å². The van der Waals surface area contributed by atoms with Crippen molar-refractivity contribution in [2.75, 3.05) is 25.1 Å². The van der Waals surface area contributed by atoms with Gasteiger partial charge in [-0.1, -0.05) is 26.2 Å². The van der Waals surface area contributed by atoms with Crippen molar-refractivity contribution in [3.8, 4) is 5.75 Å². The molecule has 2 bridgehead atoms. The van der Waals surface area contributed by atoms with E-state index >= 15 is 0 Å². The van der Waals surface area contributed by atoms with E-state index in [1.165, 1.54) is 6.42 Å². The van der Waals surface area contributed by atoms with Crippen LogP contribution in [0.1, 0.15) is 71.6 Å². The molecule has 1 saturated carbocycles. The van der Waals surface area contributed by atoms with Gasteiger partial charge in [0.2, 0.25) is 17.7 Å². The summed E-state index contributed by atoms with van der Waals surface area (Å²) in [6, 6.07) is 6.90. The van der Waals surface area contributed by atoms with E-state index in [4.69, 9.17) is 4.74 Å². The summed E-state index contributed by atoms with van der Waals surface area (Å²) in [6.45, 7) is 5.25. The number of carbonyl (C=O) groups is 3. The van der Waals surface area contributed by atoms with E-state index in [-0.39, 0.29) is 41.5 Å². The fourth-order valence-electron chi connectivity index (χ4n) is 7.48. The lowest BCUT2D eigenvalue weighted by molar-refractivity contribution is -0.139. The second kappa shape index (κ2) is 12.1. The first-order chi connectivity index (χ1) is 18.9. The molecule has 0 radical (unpaired) electrons. The summed E-state index contributed by atoms with van der Waals surface area (Å²) in [4.78, 5) is 43.7. The van der Waals surface area contributed by atoms with Crippen molar-refractivity contribution < 1.29 is 24.2 Å². The van der Waals surface area contributed by atoms with Crippen LogP contribution < -0.4 is 15.4 Å². The van der Waals surface area contributed by atoms with Crippen LogP contribution >= 0.6 is 11.8 Å². The Hall–Kier alpha value is -2.26. The molecule has 3 unspecified atom stereocenters. The number of amides is 3. The summed E-state index contributed by atoms with van der Waals surface area (Å²) >= 11 is 1.72. The largest absolute Gasteiger partial charge is 0.494 e. The molecule has 3 heterocycles. The number of rotatable bonds is 11. The van der Waals surface area contributed by atoms with Crippen molar-refractivity contribution in [1.29, 1.82) is 0 Å². The van der Waals surface area contributed by atoms with Gasteiger partial charge in [-0.15, -0.1) is 11.8 Å². The monoisotopic (exact) mass is 557 g/mol. The van der Waals surface area contributed by atoms with Crippen LogP contribution in [0, 0.1) is 17.8 Å². The Bertz CT molecular complexity index is 1050. The Balaban J connectivity index is 1.40. The van der Waals surface area contributed by atoms with Gasteiger partial charge in [-0.05, 0) is 75.6 Å². The van der Waals surface area contributed by atoms with Gasteiger partial charge < -0.3 is 25.4 Å². The molecule has 9 heteroatoms. The number of anilines is 1. The highest BCUT2D eigenvalue weighted by molar-refractivity contribution is 8.02. The molecule has 1 aliphatic carbocycles. The zero-order valence-electron chi connectivity index (χ0n) is 23.2. The normalized spacial score (nSPS) is 31.8. The van der Waals surface area contributed by atoms with Gasteiger partial charge in [-0.25, -0.2) is 0 Å². The van der Waals surface area contributed by atoms with Gasteiger partial charge in [0.15, 0.2) is 0 Å². The Morgan fingerprint density at radius 1 is 1.10 bits per heavy atom. The molecule has 8 nitrogen and oxygen atoms in total. The highest BCUT2D eigenvalue weighted by Crippen LogP contribution is 2.68. The fraction of sp³-hybridized carbons (Fsp3) is 0.700. The molecule has 3 saturated heterocycles. The average molecular weight is 558 g/mol.